The van der Waals surface area contributed by atoms with Crippen LogP contribution in [0.15, 0.2) is 78.9 Å². The van der Waals surface area contributed by atoms with Crippen LogP contribution in [0.1, 0.15) is 47.5 Å². The fourth-order valence-corrected chi connectivity index (χ4v) is 4.30. The lowest BCUT2D eigenvalue weighted by atomic mass is 9.78. The van der Waals surface area contributed by atoms with Gasteiger partial charge in [-0.15, -0.1) is 0 Å². The minimum Gasteiger partial charge on any atom is -0.497 e. The van der Waals surface area contributed by atoms with E-state index in [1.165, 1.54) is 5.56 Å². The molecule has 1 saturated carbocycles. The molecule has 0 bridgehead atoms. The number of hydrazine groups is 1. The third kappa shape index (κ3) is 5.17. The molecule has 5 nitrogen and oxygen atoms in total. The molecule has 2 N–H and O–H groups in total. The van der Waals surface area contributed by atoms with Gasteiger partial charge in [0.15, 0.2) is 0 Å². The highest BCUT2D eigenvalue weighted by Crippen LogP contribution is 2.35. The van der Waals surface area contributed by atoms with Gasteiger partial charge in [0.05, 0.1) is 7.11 Å². The maximum atomic E-state index is 12.5. The Hall–Kier alpha value is -3.60. The molecule has 3 aromatic rings. The number of hydrogen-bond donors (Lipinski definition) is 2. The molecular weight excluding hydrogens is 400 g/mol. The van der Waals surface area contributed by atoms with Crippen LogP contribution in [-0.4, -0.2) is 18.9 Å². The molecular formula is C27H28N2O3. The van der Waals surface area contributed by atoms with Crippen LogP contribution in [0.2, 0.25) is 0 Å². The lowest BCUT2D eigenvalue weighted by Crippen LogP contribution is -2.45. The Morgan fingerprint density at radius 2 is 1.34 bits per heavy atom. The molecule has 0 spiro atoms. The van der Waals surface area contributed by atoms with Gasteiger partial charge < -0.3 is 4.74 Å². The summed E-state index contributed by atoms with van der Waals surface area (Å²) in [6.45, 7) is 0. The number of hydrogen-bond acceptors (Lipinski definition) is 3. The number of carbonyl (C=O) groups excluding carboxylic acids is 2. The summed E-state index contributed by atoms with van der Waals surface area (Å²) in [6, 6.07) is 25.5. The predicted octanol–water partition coefficient (Wildman–Crippen LogP) is 5.10. The van der Waals surface area contributed by atoms with Crippen molar-refractivity contribution in [2.75, 3.05) is 7.11 Å². The maximum absolute atomic E-state index is 12.5. The Morgan fingerprint density at radius 1 is 0.750 bits per heavy atom. The first kappa shape index (κ1) is 21.6. The molecule has 0 heterocycles. The van der Waals surface area contributed by atoms with Crippen molar-refractivity contribution in [2.45, 2.75) is 31.6 Å². The van der Waals surface area contributed by atoms with Crippen molar-refractivity contribution in [3.63, 3.8) is 0 Å². The third-order valence-corrected chi connectivity index (χ3v) is 6.24. The monoisotopic (exact) mass is 428 g/mol. The first-order valence-electron chi connectivity index (χ1n) is 11.0. The number of carbonyl (C=O) groups is 2. The average molecular weight is 429 g/mol. The number of methoxy groups -OCH3 is 1. The Morgan fingerprint density at radius 3 is 1.94 bits per heavy atom. The van der Waals surface area contributed by atoms with E-state index in [0.29, 0.717) is 11.5 Å². The molecule has 2 amide bonds. The van der Waals surface area contributed by atoms with E-state index in [-0.39, 0.29) is 17.7 Å². The van der Waals surface area contributed by atoms with Gasteiger partial charge in [0.25, 0.3) is 5.91 Å². The van der Waals surface area contributed by atoms with Crippen LogP contribution in [0.25, 0.3) is 11.1 Å². The zero-order valence-electron chi connectivity index (χ0n) is 18.2. The van der Waals surface area contributed by atoms with Crippen molar-refractivity contribution < 1.29 is 14.3 Å². The number of nitrogens with one attached hydrogen (secondary N) is 2. The predicted molar refractivity (Wildman–Crippen MR) is 125 cm³/mol. The van der Waals surface area contributed by atoms with Crippen LogP contribution in [0.4, 0.5) is 0 Å². The molecule has 0 saturated heterocycles. The van der Waals surface area contributed by atoms with Gasteiger partial charge in [0.1, 0.15) is 5.75 Å². The van der Waals surface area contributed by atoms with E-state index in [1.807, 2.05) is 42.5 Å². The van der Waals surface area contributed by atoms with E-state index in [1.54, 1.807) is 19.2 Å². The molecule has 1 aliphatic rings. The van der Waals surface area contributed by atoms with Crippen molar-refractivity contribution in [1.29, 1.82) is 0 Å². The van der Waals surface area contributed by atoms with E-state index < -0.39 is 0 Å². The van der Waals surface area contributed by atoms with Gasteiger partial charge in [-0.05, 0) is 72.6 Å². The van der Waals surface area contributed by atoms with Crippen LogP contribution < -0.4 is 15.6 Å². The van der Waals surface area contributed by atoms with Crippen molar-refractivity contribution in [2.24, 2.45) is 5.92 Å². The Bertz CT molecular complexity index is 1040. The first-order valence-corrected chi connectivity index (χ1v) is 11.0. The summed E-state index contributed by atoms with van der Waals surface area (Å²) in [7, 11) is 1.64. The molecule has 1 aliphatic carbocycles. The summed E-state index contributed by atoms with van der Waals surface area (Å²) >= 11 is 0. The quantitative estimate of drug-likeness (QED) is 0.556. The van der Waals surface area contributed by atoms with Gasteiger partial charge in [-0.25, -0.2) is 0 Å². The second-order valence-corrected chi connectivity index (χ2v) is 8.21. The van der Waals surface area contributed by atoms with Crippen LogP contribution >= 0.6 is 0 Å². The van der Waals surface area contributed by atoms with Crippen LogP contribution in [0.5, 0.6) is 5.75 Å². The zero-order chi connectivity index (χ0) is 22.3. The fourth-order valence-electron chi connectivity index (χ4n) is 4.30. The van der Waals surface area contributed by atoms with Crippen molar-refractivity contribution >= 4 is 11.8 Å². The van der Waals surface area contributed by atoms with Gasteiger partial charge in [0, 0.05) is 11.5 Å². The third-order valence-electron chi connectivity index (χ3n) is 6.24. The summed E-state index contributed by atoms with van der Waals surface area (Å²) < 4.78 is 5.18. The van der Waals surface area contributed by atoms with Crippen LogP contribution in [-0.2, 0) is 4.79 Å². The topological polar surface area (TPSA) is 67.4 Å². The first-order chi connectivity index (χ1) is 15.6. The summed E-state index contributed by atoms with van der Waals surface area (Å²) in [5.41, 5.74) is 9.05. The van der Waals surface area contributed by atoms with Gasteiger partial charge in [0.2, 0.25) is 5.91 Å². The molecule has 0 aromatic heterocycles. The minimum absolute atomic E-state index is 0.0623. The summed E-state index contributed by atoms with van der Waals surface area (Å²) in [5, 5.41) is 0. The molecule has 164 valence electrons. The van der Waals surface area contributed by atoms with Gasteiger partial charge in [-0.1, -0.05) is 54.6 Å². The number of ether oxygens (including phenoxy) is 1. The van der Waals surface area contributed by atoms with Gasteiger partial charge in [-0.2, -0.15) is 0 Å². The van der Waals surface area contributed by atoms with E-state index >= 15 is 0 Å². The highest BCUT2D eigenvalue weighted by atomic mass is 16.5. The molecule has 32 heavy (non-hydrogen) atoms. The molecule has 1 fully saturated rings. The second kappa shape index (κ2) is 10.1. The normalized spacial score (nSPS) is 17.9. The summed E-state index contributed by atoms with van der Waals surface area (Å²) in [5.74, 6) is 0.818. The average Bonchev–Trinajstić information content (AvgIpc) is 2.88. The van der Waals surface area contributed by atoms with Crippen molar-refractivity contribution in [3.8, 4) is 16.9 Å². The lowest BCUT2D eigenvalue weighted by molar-refractivity contribution is -0.126. The standard InChI is InChI=1S/C27H28N2O3/c1-32-25-17-15-22(16-18-25)21-9-13-24(14-10-21)27(31)29-28-26(30)23-11-7-20(8-12-23)19-5-3-2-4-6-19/h2-6,9-10,13-18,20,23H,7-8,11-12H2,1H3,(H,28,30)(H,29,31). The molecule has 0 aliphatic heterocycles. The van der Waals surface area contributed by atoms with E-state index in [2.05, 4.69) is 35.1 Å². The number of benzene rings is 3. The fraction of sp³-hybridized carbons (Fsp3) is 0.259. The molecule has 3 aromatic carbocycles. The Kier molecular flexibility index (Phi) is 6.85. The number of amides is 2. The van der Waals surface area contributed by atoms with Gasteiger partial charge in [-0.3, -0.25) is 20.4 Å². The smallest absolute Gasteiger partial charge is 0.269 e. The second-order valence-electron chi connectivity index (χ2n) is 8.21. The molecule has 0 radical (unpaired) electrons. The molecule has 0 atom stereocenters. The molecule has 4 rings (SSSR count). The van der Waals surface area contributed by atoms with E-state index in [0.717, 1.165) is 42.6 Å². The van der Waals surface area contributed by atoms with E-state index in [9.17, 15) is 9.59 Å². The van der Waals surface area contributed by atoms with Crippen LogP contribution in [0.3, 0.4) is 0 Å². The zero-order valence-corrected chi connectivity index (χ0v) is 18.2. The highest BCUT2D eigenvalue weighted by Gasteiger charge is 2.27. The summed E-state index contributed by atoms with van der Waals surface area (Å²) in [6.07, 6.45) is 3.64. The van der Waals surface area contributed by atoms with Crippen LogP contribution in [0, 0.1) is 5.92 Å². The summed E-state index contributed by atoms with van der Waals surface area (Å²) in [4.78, 5) is 25.0. The maximum Gasteiger partial charge on any atom is 0.269 e. The largest absolute Gasteiger partial charge is 0.497 e. The van der Waals surface area contributed by atoms with E-state index in [4.69, 9.17) is 4.74 Å². The SMILES string of the molecule is COc1ccc(-c2ccc(C(=O)NNC(=O)C3CCC(c4ccccc4)CC3)cc2)cc1. The molecule has 0 unspecified atom stereocenters. The highest BCUT2D eigenvalue weighted by molar-refractivity contribution is 5.96. The molecule has 5 heteroatoms. The van der Waals surface area contributed by atoms with Gasteiger partial charge >= 0.3 is 0 Å². The lowest BCUT2D eigenvalue weighted by Gasteiger charge is -2.28. The Labute approximate surface area is 188 Å². The Balaban J connectivity index is 1.26. The van der Waals surface area contributed by atoms with Crippen molar-refractivity contribution in [1.82, 2.24) is 10.9 Å². The number of rotatable bonds is 5. The van der Waals surface area contributed by atoms with Crippen molar-refractivity contribution in [3.05, 3.63) is 90.0 Å². The minimum atomic E-state index is -0.322.